The summed E-state index contributed by atoms with van der Waals surface area (Å²) in [5.74, 6) is -0.0598. The maximum Gasteiger partial charge on any atom is 0.305 e. The topological polar surface area (TPSA) is 95.9 Å². The van der Waals surface area contributed by atoms with Gasteiger partial charge < -0.3 is 20.3 Å². The molecule has 0 heterocycles. The fourth-order valence-corrected chi connectivity index (χ4v) is 9.46. The van der Waals surface area contributed by atoms with Crippen LogP contribution in [0.4, 0.5) is 0 Å². The van der Waals surface area contributed by atoms with Crippen molar-refractivity contribution in [3.05, 3.63) is 12.2 Å². The summed E-state index contributed by atoms with van der Waals surface area (Å²) in [6.07, 6.45) is 66.6. The van der Waals surface area contributed by atoms with Crippen molar-refractivity contribution in [2.24, 2.45) is 0 Å². The second-order valence-corrected chi connectivity index (χ2v) is 20.7. The van der Waals surface area contributed by atoms with E-state index >= 15 is 0 Å². The zero-order chi connectivity index (χ0) is 47.9. The first-order chi connectivity index (χ1) is 32.5. The van der Waals surface area contributed by atoms with Gasteiger partial charge in [0.2, 0.25) is 5.91 Å². The minimum Gasteiger partial charge on any atom is -0.466 e. The van der Waals surface area contributed by atoms with Crippen LogP contribution in [0.2, 0.25) is 0 Å². The number of unbranched alkanes of at least 4 members (excludes halogenated alkanes) is 45. The van der Waals surface area contributed by atoms with Crippen LogP contribution in [-0.4, -0.2) is 47.4 Å². The Hall–Kier alpha value is -1.40. The van der Waals surface area contributed by atoms with Gasteiger partial charge in [0.25, 0.3) is 0 Å². The number of allylic oxidation sites excluding steroid dienone is 1. The highest BCUT2D eigenvalue weighted by molar-refractivity contribution is 5.76. The zero-order valence-corrected chi connectivity index (χ0v) is 44.7. The van der Waals surface area contributed by atoms with Gasteiger partial charge >= 0.3 is 5.97 Å². The van der Waals surface area contributed by atoms with Crippen molar-refractivity contribution in [2.75, 3.05) is 13.2 Å². The van der Waals surface area contributed by atoms with Crippen molar-refractivity contribution in [1.82, 2.24) is 5.32 Å². The van der Waals surface area contributed by atoms with Gasteiger partial charge in [-0.05, 0) is 32.1 Å². The highest BCUT2D eigenvalue weighted by atomic mass is 16.5. The molecule has 0 spiro atoms. The molecule has 0 rings (SSSR count). The molecule has 0 saturated heterocycles. The third-order valence-electron chi connectivity index (χ3n) is 14.1. The molecule has 0 aromatic heterocycles. The van der Waals surface area contributed by atoms with E-state index in [0.29, 0.717) is 19.4 Å². The first-order valence-corrected chi connectivity index (χ1v) is 30.0. The van der Waals surface area contributed by atoms with Crippen molar-refractivity contribution in [1.29, 1.82) is 0 Å². The largest absolute Gasteiger partial charge is 0.466 e. The highest BCUT2D eigenvalue weighted by Gasteiger charge is 2.18. The highest BCUT2D eigenvalue weighted by Crippen LogP contribution is 2.18. The average molecular weight is 933 g/mol. The lowest BCUT2D eigenvalue weighted by atomic mass is 10.0. The zero-order valence-electron chi connectivity index (χ0n) is 44.7. The standard InChI is InChI=1S/C60H117NO5/c1-3-5-7-9-11-13-15-17-19-22-25-28-32-36-40-44-48-52-58(63)57(56-62)61-59(64)53-49-45-41-37-33-29-26-23-20-21-24-27-31-35-39-43-47-51-55-66-60(65)54-50-46-42-38-34-30-18-16-14-12-10-8-6-4-2/h48,52,57-58,62-63H,3-47,49-51,53-56H2,1-2H3,(H,61,64)/b52-48+. The van der Waals surface area contributed by atoms with E-state index < -0.39 is 12.1 Å². The first-order valence-electron chi connectivity index (χ1n) is 30.0. The number of nitrogens with one attached hydrogen (secondary N) is 1. The SMILES string of the molecule is CCCCCCCCCCCCCCCCC/C=C/C(O)C(CO)NC(=O)CCCCCCCCCCCCCCCCCCCCOC(=O)CCCCCCCCCCCCCCCC. The maximum absolute atomic E-state index is 12.5. The number of ether oxygens (including phenoxy) is 1. The van der Waals surface area contributed by atoms with Crippen molar-refractivity contribution >= 4 is 11.9 Å². The molecular weight excluding hydrogens is 815 g/mol. The maximum atomic E-state index is 12.5. The van der Waals surface area contributed by atoms with Crippen molar-refractivity contribution in [3.8, 4) is 0 Å². The molecule has 392 valence electrons. The van der Waals surface area contributed by atoms with E-state index in [2.05, 4.69) is 19.2 Å². The van der Waals surface area contributed by atoms with Gasteiger partial charge in [0.15, 0.2) is 0 Å². The summed E-state index contributed by atoms with van der Waals surface area (Å²) in [5, 5.41) is 23.1. The van der Waals surface area contributed by atoms with Gasteiger partial charge in [-0.2, -0.15) is 0 Å². The predicted molar refractivity (Wildman–Crippen MR) is 287 cm³/mol. The lowest BCUT2D eigenvalue weighted by molar-refractivity contribution is -0.143. The third-order valence-corrected chi connectivity index (χ3v) is 14.1. The second kappa shape index (κ2) is 56.2. The Kier molecular flexibility index (Phi) is 55.0. The summed E-state index contributed by atoms with van der Waals surface area (Å²) in [6.45, 7) is 4.92. The summed E-state index contributed by atoms with van der Waals surface area (Å²) in [5.41, 5.74) is 0. The lowest BCUT2D eigenvalue weighted by Gasteiger charge is -2.20. The van der Waals surface area contributed by atoms with Gasteiger partial charge in [-0.3, -0.25) is 9.59 Å². The first kappa shape index (κ1) is 64.6. The molecule has 0 aliphatic heterocycles. The number of esters is 1. The number of hydrogen-bond donors (Lipinski definition) is 3. The Labute approximate surface area is 412 Å². The molecule has 1 amide bonds. The van der Waals surface area contributed by atoms with Gasteiger partial charge in [0, 0.05) is 12.8 Å². The molecule has 2 atom stereocenters. The molecule has 2 unspecified atom stereocenters. The Morgan fingerprint density at radius 1 is 0.409 bits per heavy atom. The molecule has 6 nitrogen and oxygen atoms in total. The smallest absolute Gasteiger partial charge is 0.305 e. The molecule has 0 radical (unpaired) electrons. The predicted octanol–water partition coefficient (Wildman–Crippen LogP) is 18.5. The van der Waals surface area contributed by atoms with E-state index in [-0.39, 0.29) is 18.5 Å². The number of carbonyl (C=O) groups excluding carboxylic acids is 2. The number of aliphatic hydroxyl groups is 2. The Bertz CT molecular complexity index is 986. The van der Waals surface area contributed by atoms with Gasteiger partial charge in [0.05, 0.1) is 25.4 Å². The Morgan fingerprint density at radius 2 is 0.697 bits per heavy atom. The summed E-state index contributed by atoms with van der Waals surface area (Å²) in [6, 6.07) is -0.630. The van der Waals surface area contributed by atoms with Gasteiger partial charge in [-0.1, -0.05) is 302 Å². The van der Waals surface area contributed by atoms with E-state index in [1.54, 1.807) is 6.08 Å². The number of carbonyl (C=O) groups is 2. The molecule has 0 aromatic carbocycles. The number of aliphatic hydroxyl groups excluding tert-OH is 2. The molecular formula is C60H117NO5. The van der Waals surface area contributed by atoms with Crippen LogP contribution in [-0.2, 0) is 14.3 Å². The monoisotopic (exact) mass is 932 g/mol. The average Bonchev–Trinajstić information content (AvgIpc) is 3.32. The number of hydrogen-bond acceptors (Lipinski definition) is 5. The van der Waals surface area contributed by atoms with E-state index in [0.717, 1.165) is 38.5 Å². The van der Waals surface area contributed by atoms with E-state index in [1.165, 1.54) is 270 Å². The molecule has 6 heteroatoms. The lowest BCUT2D eigenvalue weighted by Crippen LogP contribution is -2.45. The second-order valence-electron chi connectivity index (χ2n) is 20.7. The summed E-state index contributed by atoms with van der Waals surface area (Å²) in [4.78, 5) is 24.5. The number of rotatable bonds is 56. The van der Waals surface area contributed by atoms with Crippen LogP contribution in [0.5, 0.6) is 0 Å². The van der Waals surface area contributed by atoms with Crippen molar-refractivity contribution in [2.45, 2.75) is 347 Å². The fraction of sp³-hybridized carbons (Fsp3) is 0.933. The van der Waals surface area contributed by atoms with Crippen LogP contribution in [0, 0.1) is 0 Å². The molecule has 0 saturated carbocycles. The molecule has 0 aliphatic carbocycles. The van der Waals surface area contributed by atoms with Crippen LogP contribution in [0.3, 0.4) is 0 Å². The molecule has 3 N–H and O–H groups in total. The minimum absolute atomic E-state index is 0.00939. The Balaban J connectivity index is 3.42. The molecule has 0 bridgehead atoms. The van der Waals surface area contributed by atoms with E-state index in [9.17, 15) is 19.8 Å². The fourth-order valence-electron chi connectivity index (χ4n) is 9.46. The van der Waals surface area contributed by atoms with Crippen molar-refractivity contribution < 1.29 is 24.5 Å². The van der Waals surface area contributed by atoms with Gasteiger partial charge in [-0.25, -0.2) is 0 Å². The van der Waals surface area contributed by atoms with E-state index in [4.69, 9.17) is 4.74 Å². The van der Waals surface area contributed by atoms with Gasteiger partial charge in [0.1, 0.15) is 0 Å². The van der Waals surface area contributed by atoms with Crippen molar-refractivity contribution in [3.63, 3.8) is 0 Å². The summed E-state index contributed by atoms with van der Waals surface area (Å²) < 4.78 is 5.48. The summed E-state index contributed by atoms with van der Waals surface area (Å²) >= 11 is 0. The van der Waals surface area contributed by atoms with E-state index in [1.807, 2.05) is 6.08 Å². The third kappa shape index (κ3) is 52.0. The van der Waals surface area contributed by atoms with Crippen LogP contribution in [0.25, 0.3) is 0 Å². The Morgan fingerprint density at radius 3 is 1.03 bits per heavy atom. The molecule has 0 fully saturated rings. The normalized spacial score (nSPS) is 12.6. The van der Waals surface area contributed by atoms with Crippen LogP contribution in [0.1, 0.15) is 335 Å². The quantitative estimate of drug-likeness (QED) is 0.0321. The molecule has 66 heavy (non-hydrogen) atoms. The van der Waals surface area contributed by atoms with Crippen LogP contribution < -0.4 is 5.32 Å². The number of amides is 1. The minimum atomic E-state index is -0.846. The van der Waals surface area contributed by atoms with Crippen LogP contribution >= 0.6 is 0 Å². The molecule has 0 aromatic rings. The van der Waals surface area contributed by atoms with Gasteiger partial charge in [-0.15, -0.1) is 0 Å². The summed E-state index contributed by atoms with van der Waals surface area (Å²) in [7, 11) is 0. The van der Waals surface area contributed by atoms with Crippen LogP contribution in [0.15, 0.2) is 12.2 Å². The molecule has 0 aliphatic rings.